The number of aryl methyl sites for hydroxylation is 1. The van der Waals surface area contributed by atoms with Crippen molar-refractivity contribution in [2.75, 3.05) is 18.7 Å². The lowest BCUT2D eigenvalue weighted by molar-refractivity contribution is 0.102. The van der Waals surface area contributed by atoms with Gasteiger partial charge in [-0.1, -0.05) is 23.1 Å². The summed E-state index contributed by atoms with van der Waals surface area (Å²) in [7, 11) is 1.60. The van der Waals surface area contributed by atoms with Crippen LogP contribution in [0.3, 0.4) is 0 Å². The zero-order valence-electron chi connectivity index (χ0n) is 10.8. The molecule has 7 heteroatoms. The fourth-order valence-corrected chi connectivity index (χ4v) is 2.70. The summed E-state index contributed by atoms with van der Waals surface area (Å²) in [5, 5.41) is 11.1. The van der Waals surface area contributed by atoms with E-state index in [0.29, 0.717) is 10.7 Å². The van der Waals surface area contributed by atoms with Gasteiger partial charge in [0.2, 0.25) is 5.13 Å². The van der Waals surface area contributed by atoms with Crippen molar-refractivity contribution in [2.24, 2.45) is 0 Å². The van der Waals surface area contributed by atoms with Crippen LogP contribution in [0.25, 0.3) is 0 Å². The van der Waals surface area contributed by atoms with Crippen molar-refractivity contribution >= 4 is 34.1 Å². The number of ether oxygens (including phenoxy) is 1. The molecule has 0 aliphatic heterocycles. The van der Waals surface area contributed by atoms with Crippen molar-refractivity contribution < 1.29 is 9.53 Å². The van der Waals surface area contributed by atoms with Crippen molar-refractivity contribution in [3.8, 4) is 5.75 Å². The molecule has 100 valence electrons. The number of thioether (sulfide) groups is 1. The average molecular weight is 295 g/mol. The fraction of sp³-hybridized carbons (Fsp3) is 0.250. The first-order valence-corrected chi connectivity index (χ1v) is 7.51. The number of benzene rings is 1. The number of carbonyl (C=O) groups is 1. The Bertz CT molecular complexity index is 598. The molecule has 19 heavy (non-hydrogen) atoms. The number of methoxy groups -OCH3 is 1. The molecule has 1 amide bonds. The zero-order chi connectivity index (χ0) is 13.8. The van der Waals surface area contributed by atoms with Crippen molar-refractivity contribution in [1.29, 1.82) is 0 Å². The van der Waals surface area contributed by atoms with Crippen LogP contribution in [0.4, 0.5) is 5.13 Å². The van der Waals surface area contributed by atoms with Crippen LogP contribution in [-0.2, 0) is 0 Å². The van der Waals surface area contributed by atoms with Gasteiger partial charge in [-0.3, -0.25) is 10.1 Å². The number of amides is 1. The summed E-state index contributed by atoms with van der Waals surface area (Å²) in [5.74, 6) is 0.562. The van der Waals surface area contributed by atoms with Crippen molar-refractivity contribution in [1.82, 2.24) is 10.2 Å². The second kappa shape index (κ2) is 6.03. The van der Waals surface area contributed by atoms with E-state index >= 15 is 0 Å². The number of hydrogen-bond donors (Lipinski definition) is 1. The van der Waals surface area contributed by atoms with Gasteiger partial charge in [-0.2, -0.15) is 0 Å². The standard InChI is InChI=1S/C12H13N3O2S2/c1-7-6-8(4-5-9(7)17-2)10(16)13-11-14-15-12(18-3)19-11/h4-6H,1-3H3,(H,13,14,16). The Morgan fingerprint density at radius 1 is 1.42 bits per heavy atom. The molecule has 0 fully saturated rings. The van der Waals surface area contributed by atoms with Gasteiger partial charge >= 0.3 is 0 Å². The van der Waals surface area contributed by atoms with E-state index in [9.17, 15) is 4.79 Å². The van der Waals surface area contributed by atoms with Crippen LogP contribution in [-0.4, -0.2) is 29.5 Å². The van der Waals surface area contributed by atoms with Crippen LogP contribution in [0.5, 0.6) is 5.75 Å². The van der Waals surface area contributed by atoms with Gasteiger partial charge in [-0.05, 0) is 36.9 Å². The minimum atomic E-state index is -0.199. The van der Waals surface area contributed by atoms with Gasteiger partial charge in [0, 0.05) is 5.56 Å². The SMILES string of the molecule is COc1ccc(C(=O)Nc2nnc(SC)s2)cc1C. The Morgan fingerprint density at radius 2 is 2.21 bits per heavy atom. The van der Waals surface area contributed by atoms with E-state index in [0.717, 1.165) is 15.7 Å². The highest BCUT2D eigenvalue weighted by atomic mass is 32.2. The monoisotopic (exact) mass is 295 g/mol. The average Bonchev–Trinajstić information content (AvgIpc) is 2.86. The number of anilines is 1. The lowest BCUT2D eigenvalue weighted by Crippen LogP contribution is -2.12. The number of hydrogen-bond acceptors (Lipinski definition) is 6. The summed E-state index contributed by atoms with van der Waals surface area (Å²) in [5.41, 5.74) is 1.48. The fourth-order valence-electron chi connectivity index (χ4n) is 1.53. The summed E-state index contributed by atoms with van der Waals surface area (Å²) in [6, 6.07) is 5.28. The molecule has 1 aromatic heterocycles. The third kappa shape index (κ3) is 3.24. The molecule has 0 bridgehead atoms. The maximum Gasteiger partial charge on any atom is 0.257 e. The van der Waals surface area contributed by atoms with E-state index in [1.807, 2.05) is 13.2 Å². The Labute approximate surface area is 119 Å². The van der Waals surface area contributed by atoms with Gasteiger partial charge in [-0.25, -0.2) is 0 Å². The highest BCUT2D eigenvalue weighted by Gasteiger charge is 2.11. The van der Waals surface area contributed by atoms with Crippen LogP contribution in [0.15, 0.2) is 22.5 Å². The number of carbonyl (C=O) groups excluding carboxylic acids is 1. The van der Waals surface area contributed by atoms with E-state index in [2.05, 4.69) is 15.5 Å². The van der Waals surface area contributed by atoms with Crippen molar-refractivity contribution in [3.63, 3.8) is 0 Å². The second-order valence-corrected chi connectivity index (χ2v) is 5.75. The molecule has 0 unspecified atom stereocenters. The highest BCUT2D eigenvalue weighted by Crippen LogP contribution is 2.24. The highest BCUT2D eigenvalue weighted by molar-refractivity contribution is 8.00. The van der Waals surface area contributed by atoms with Gasteiger partial charge in [0.05, 0.1) is 7.11 Å². The first-order valence-electron chi connectivity index (χ1n) is 5.47. The van der Waals surface area contributed by atoms with Crippen molar-refractivity contribution in [3.05, 3.63) is 29.3 Å². The first-order chi connectivity index (χ1) is 9.13. The number of rotatable bonds is 4. The maximum atomic E-state index is 12.0. The van der Waals surface area contributed by atoms with Gasteiger partial charge < -0.3 is 4.74 Å². The third-order valence-corrected chi connectivity index (χ3v) is 4.27. The molecular weight excluding hydrogens is 282 g/mol. The van der Waals surface area contributed by atoms with Crippen LogP contribution in [0.2, 0.25) is 0 Å². The van der Waals surface area contributed by atoms with Gasteiger partial charge in [0.1, 0.15) is 5.75 Å². The molecule has 0 aliphatic rings. The topological polar surface area (TPSA) is 64.1 Å². The predicted octanol–water partition coefficient (Wildman–Crippen LogP) is 2.83. The van der Waals surface area contributed by atoms with Crippen LogP contribution in [0.1, 0.15) is 15.9 Å². The quantitative estimate of drug-likeness (QED) is 0.694. The summed E-state index contributed by atoms with van der Waals surface area (Å²) >= 11 is 2.85. The molecular formula is C12H13N3O2S2. The summed E-state index contributed by atoms with van der Waals surface area (Å²) in [4.78, 5) is 12.0. The molecule has 5 nitrogen and oxygen atoms in total. The Balaban J connectivity index is 2.13. The van der Waals surface area contributed by atoms with Gasteiger partial charge in [-0.15, -0.1) is 10.2 Å². The molecule has 0 aliphatic carbocycles. The van der Waals surface area contributed by atoms with E-state index in [1.165, 1.54) is 23.1 Å². The zero-order valence-corrected chi connectivity index (χ0v) is 12.4. The van der Waals surface area contributed by atoms with Crippen LogP contribution < -0.4 is 10.1 Å². The minimum absolute atomic E-state index is 0.199. The molecule has 0 radical (unpaired) electrons. The molecule has 1 aromatic carbocycles. The molecule has 0 atom stereocenters. The smallest absolute Gasteiger partial charge is 0.257 e. The molecule has 2 aromatic rings. The van der Waals surface area contributed by atoms with E-state index in [-0.39, 0.29) is 5.91 Å². The van der Waals surface area contributed by atoms with Crippen molar-refractivity contribution in [2.45, 2.75) is 11.3 Å². The molecule has 0 saturated carbocycles. The second-order valence-electron chi connectivity index (χ2n) is 3.72. The van der Waals surface area contributed by atoms with Gasteiger partial charge in [0.15, 0.2) is 4.34 Å². The number of nitrogens with zero attached hydrogens (tertiary/aromatic N) is 2. The molecule has 0 saturated heterocycles. The van der Waals surface area contributed by atoms with Gasteiger partial charge in [0.25, 0.3) is 5.91 Å². The molecule has 2 rings (SSSR count). The van der Waals surface area contributed by atoms with Crippen LogP contribution >= 0.6 is 23.1 Å². The van der Waals surface area contributed by atoms with E-state index < -0.39 is 0 Å². The number of aromatic nitrogens is 2. The first kappa shape index (κ1) is 13.8. The molecule has 1 heterocycles. The lowest BCUT2D eigenvalue weighted by atomic mass is 10.1. The summed E-state index contributed by atoms with van der Waals surface area (Å²) < 4.78 is 5.98. The molecule has 0 spiro atoms. The maximum absolute atomic E-state index is 12.0. The normalized spacial score (nSPS) is 10.3. The largest absolute Gasteiger partial charge is 0.496 e. The lowest BCUT2D eigenvalue weighted by Gasteiger charge is -2.06. The molecule has 1 N–H and O–H groups in total. The Morgan fingerprint density at radius 3 is 2.79 bits per heavy atom. The Hall–Kier alpha value is -1.60. The van der Waals surface area contributed by atoms with E-state index in [4.69, 9.17) is 4.74 Å². The Kier molecular flexibility index (Phi) is 4.39. The van der Waals surface area contributed by atoms with E-state index in [1.54, 1.807) is 25.3 Å². The summed E-state index contributed by atoms with van der Waals surface area (Å²) in [6.07, 6.45) is 1.92. The third-order valence-electron chi connectivity index (χ3n) is 2.46. The number of nitrogens with one attached hydrogen (secondary N) is 1. The predicted molar refractivity (Wildman–Crippen MR) is 77.4 cm³/mol. The summed E-state index contributed by atoms with van der Waals surface area (Å²) in [6.45, 7) is 1.90. The minimum Gasteiger partial charge on any atom is -0.496 e. The van der Waals surface area contributed by atoms with Crippen LogP contribution in [0, 0.1) is 6.92 Å².